The van der Waals surface area contributed by atoms with Gasteiger partial charge in [-0.2, -0.15) is 0 Å². The average molecular weight is 259 g/mol. The SMILES string of the molecule is Cc1ccc(C(C)(C)C(=O)NC2CCCCC2)cc1. The lowest BCUT2D eigenvalue weighted by atomic mass is 9.82. The minimum Gasteiger partial charge on any atom is -0.353 e. The van der Waals surface area contributed by atoms with Crippen LogP contribution in [0.5, 0.6) is 0 Å². The molecule has 1 aromatic carbocycles. The molecule has 0 spiro atoms. The van der Waals surface area contributed by atoms with Crippen LogP contribution in [0.2, 0.25) is 0 Å². The molecule has 2 heteroatoms. The first-order chi connectivity index (χ1) is 9.00. The molecule has 0 aromatic heterocycles. The van der Waals surface area contributed by atoms with Crippen molar-refractivity contribution in [2.75, 3.05) is 0 Å². The van der Waals surface area contributed by atoms with Gasteiger partial charge in [0, 0.05) is 6.04 Å². The van der Waals surface area contributed by atoms with Crippen LogP contribution in [0, 0.1) is 6.92 Å². The Labute approximate surface area is 116 Å². The second kappa shape index (κ2) is 5.77. The highest BCUT2D eigenvalue weighted by Gasteiger charge is 2.31. The van der Waals surface area contributed by atoms with E-state index in [2.05, 4.69) is 36.5 Å². The molecule has 1 aromatic rings. The summed E-state index contributed by atoms with van der Waals surface area (Å²) in [5.41, 5.74) is 1.86. The molecular formula is C17H25NO. The highest BCUT2D eigenvalue weighted by Crippen LogP contribution is 2.25. The Hall–Kier alpha value is -1.31. The Kier molecular flexibility index (Phi) is 4.28. The Morgan fingerprint density at radius 2 is 1.68 bits per heavy atom. The van der Waals surface area contributed by atoms with Gasteiger partial charge in [0.05, 0.1) is 5.41 Å². The number of carbonyl (C=O) groups is 1. The number of amides is 1. The van der Waals surface area contributed by atoms with Gasteiger partial charge in [0.15, 0.2) is 0 Å². The van der Waals surface area contributed by atoms with Gasteiger partial charge in [0.2, 0.25) is 5.91 Å². The van der Waals surface area contributed by atoms with Crippen molar-refractivity contribution in [3.63, 3.8) is 0 Å². The van der Waals surface area contributed by atoms with Gasteiger partial charge in [-0.05, 0) is 39.2 Å². The molecule has 0 saturated heterocycles. The fraction of sp³-hybridized carbons (Fsp3) is 0.588. The highest BCUT2D eigenvalue weighted by atomic mass is 16.2. The fourth-order valence-corrected chi connectivity index (χ4v) is 2.71. The predicted molar refractivity (Wildman–Crippen MR) is 79.2 cm³/mol. The first-order valence-electron chi connectivity index (χ1n) is 7.38. The Balaban J connectivity index is 2.05. The summed E-state index contributed by atoms with van der Waals surface area (Å²) < 4.78 is 0. The van der Waals surface area contributed by atoms with E-state index in [4.69, 9.17) is 0 Å². The summed E-state index contributed by atoms with van der Waals surface area (Å²) in [7, 11) is 0. The van der Waals surface area contributed by atoms with Gasteiger partial charge < -0.3 is 5.32 Å². The number of benzene rings is 1. The molecule has 1 fully saturated rings. The summed E-state index contributed by atoms with van der Waals surface area (Å²) in [6.45, 7) is 6.09. The molecule has 2 rings (SSSR count). The molecule has 0 unspecified atom stereocenters. The van der Waals surface area contributed by atoms with Crippen LogP contribution in [-0.4, -0.2) is 11.9 Å². The minimum atomic E-state index is -0.453. The maximum Gasteiger partial charge on any atom is 0.230 e. The largest absolute Gasteiger partial charge is 0.353 e. The van der Waals surface area contributed by atoms with Crippen molar-refractivity contribution in [2.24, 2.45) is 0 Å². The molecule has 0 heterocycles. The van der Waals surface area contributed by atoms with Crippen molar-refractivity contribution in [2.45, 2.75) is 64.3 Å². The van der Waals surface area contributed by atoms with E-state index in [9.17, 15) is 4.79 Å². The number of hydrogen-bond donors (Lipinski definition) is 1. The normalized spacial score (nSPS) is 17.2. The van der Waals surface area contributed by atoms with Gasteiger partial charge in [-0.25, -0.2) is 0 Å². The topological polar surface area (TPSA) is 29.1 Å². The lowest BCUT2D eigenvalue weighted by molar-refractivity contribution is -0.126. The maximum atomic E-state index is 12.5. The zero-order valence-electron chi connectivity index (χ0n) is 12.3. The summed E-state index contributed by atoms with van der Waals surface area (Å²) in [5, 5.41) is 3.23. The standard InChI is InChI=1S/C17H25NO/c1-13-9-11-14(12-10-13)17(2,3)16(19)18-15-7-5-4-6-8-15/h9-12,15H,4-8H2,1-3H3,(H,18,19). The van der Waals surface area contributed by atoms with Crippen molar-refractivity contribution < 1.29 is 4.79 Å². The smallest absolute Gasteiger partial charge is 0.230 e. The van der Waals surface area contributed by atoms with E-state index in [0.717, 1.165) is 18.4 Å². The van der Waals surface area contributed by atoms with Crippen LogP contribution in [0.3, 0.4) is 0 Å². The quantitative estimate of drug-likeness (QED) is 0.880. The van der Waals surface area contributed by atoms with Crippen LogP contribution >= 0.6 is 0 Å². The van der Waals surface area contributed by atoms with Gasteiger partial charge in [-0.15, -0.1) is 0 Å². The van der Waals surface area contributed by atoms with E-state index in [1.54, 1.807) is 0 Å². The summed E-state index contributed by atoms with van der Waals surface area (Å²) in [6.07, 6.45) is 6.07. The molecule has 0 aliphatic heterocycles. The summed E-state index contributed by atoms with van der Waals surface area (Å²) in [5.74, 6) is 0.156. The van der Waals surface area contributed by atoms with E-state index in [1.807, 2.05) is 13.8 Å². The molecule has 1 aliphatic carbocycles. The van der Waals surface area contributed by atoms with Crippen LogP contribution in [-0.2, 0) is 10.2 Å². The second-order valence-corrected chi connectivity index (χ2v) is 6.30. The molecule has 1 saturated carbocycles. The first kappa shape index (κ1) is 14.1. The van der Waals surface area contributed by atoms with E-state index in [-0.39, 0.29) is 5.91 Å². The van der Waals surface area contributed by atoms with Gasteiger partial charge >= 0.3 is 0 Å². The van der Waals surface area contributed by atoms with Crippen molar-refractivity contribution >= 4 is 5.91 Å². The lowest BCUT2D eigenvalue weighted by Gasteiger charge is -2.29. The van der Waals surface area contributed by atoms with E-state index < -0.39 is 5.41 Å². The Morgan fingerprint density at radius 1 is 1.11 bits per heavy atom. The van der Waals surface area contributed by atoms with Crippen LogP contribution in [0.1, 0.15) is 57.1 Å². The molecule has 0 atom stereocenters. The first-order valence-corrected chi connectivity index (χ1v) is 7.38. The van der Waals surface area contributed by atoms with Crippen LogP contribution in [0.15, 0.2) is 24.3 Å². The van der Waals surface area contributed by atoms with E-state index >= 15 is 0 Å². The molecule has 104 valence electrons. The third kappa shape index (κ3) is 3.37. The second-order valence-electron chi connectivity index (χ2n) is 6.30. The van der Waals surface area contributed by atoms with Crippen molar-refractivity contribution in [1.29, 1.82) is 0 Å². The van der Waals surface area contributed by atoms with Gasteiger partial charge in [-0.1, -0.05) is 49.1 Å². The number of aryl methyl sites for hydroxylation is 1. The van der Waals surface area contributed by atoms with Gasteiger partial charge in [0.25, 0.3) is 0 Å². The van der Waals surface area contributed by atoms with Crippen molar-refractivity contribution in [3.8, 4) is 0 Å². The Morgan fingerprint density at radius 3 is 2.26 bits per heavy atom. The molecule has 0 bridgehead atoms. The van der Waals surface area contributed by atoms with E-state index in [1.165, 1.54) is 24.8 Å². The number of hydrogen-bond acceptors (Lipinski definition) is 1. The third-order valence-corrected chi connectivity index (χ3v) is 4.28. The van der Waals surface area contributed by atoms with E-state index in [0.29, 0.717) is 6.04 Å². The molecule has 19 heavy (non-hydrogen) atoms. The summed E-state index contributed by atoms with van der Waals surface area (Å²) >= 11 is 0. The number of nitrogens with one attached hydrogen (secondary N) is 1. The Bertz CT molecular complexity index is 427. The predicted octanol–water partition coefficient (Wildman–Crippen LogP) is 3.72. The van der Waals surface area contributed by atoms with Crippen LogP contribution in [0.25, 0.3) is 0 Å². The van der Waals surface area contributed by atoms with Crippen LogP contribution < -0.4 is 5.32 Å². The zero-order chi connectivity index (χ0) is 13.9. The van der Waals surface area contributed by atoms with Crippen molar-refractivity contribution in [3.05, 3.63) is 35.4 Å². The van der Waals surface area contributed by atoms with Crippen molar-refractivity contribution in [1.82, 2.24) is 5.32 Å². The number of carbonyl (C=O) groups excluding carboxylic acids is 1. The third-order valence-electron chi connectivity index (χ3n) is 4.28. The average Bonchev–Trinajstić information content (AvgIpc) is 2.40. The molecular weight excluding hydrogens is 234 g/mol. The molecule has 0 radical (unpaired) electrons. The molecule has 1 aliphatic rings. The molecule has 2 nitrogen and oxygen atoms in total. The highest BCUT2D eigenvalue weighted by molar-refractivity contribution is 5.87. The maximum absolute atomic E-state index is 12.5. The molecule has 1 N–H and O–H groups in total. The number of rotatable bonds is 3. The minimum absolute atomic E-state index is 0.156. The lowest BCUT2D eigenvalue weighted by Crippen LogP contribution is -2.45. The summed E-state index contributed by atoms with van der Waals surface area (Å²) in [6, 6.07) is 8.66. The van der Waals surface area contributed by atoms with Gasteiger partial charge in [-0.3, -0.25) is 4.79 Å². The fourth-order valence-electron chi connectivity index (χ4n) is 2.71. The monoisotopic (exact) mass is 259 g/mol. The zero-order valence-corrected chi connectivity index (χ0v) is 12.3. The molecule has 1 amide bonds. The summed E-state index contributed by atoms with van der Waals surface area (Å²) in [4.78, 5) is 12.5. The van der Waals surface area contributed by atoms with Crippen LogP contribution in [0.4, 0.5) is 0 Å². The van der Waals surface area contributed by atoms with Gasteiger partial charge in [0.1, 0.15) is 0 Å².